The molecule has 0 amide bonds. The zero-order valence-electron chi connectivity index (χ0n) is 40.1. The van der Waals surface area contributed by atoms with Gasteiger partial charge in [-0.05, 0) is 84.0 Å². The summed E-state index contributed by atoms with van der Waals surface area (Å²) in [5.74, 6) is 2.71. The van der Waals surface area contributed by atoms with Crippen LogP contribution in [0.4, 0.5) is 0 Å². The Bertz CT molecular complexity index is 3380. The third kappa shape index (κ3) is 8.98. The van der Waals surface area contributed by atoms with Gasteiger partial charge in [-0.2, -0.15) is 22.4 Å². The first-order valence-electron chi connectivity index (χ1n) is 23.1. The molecule has 7 heteroatoms. The number of para-hydroxylation sites is 2. The first-order valence-corrected chi connectivity index (χ1v) is 23.1. The summed E-state index contributed by atoms with van der Waals surface area (Å²) in [6.45, 7) is 20.0. The van der Waals surface area contributed by atoms with Crippen molar-refractivity contribution in [1.82, 2.24) is 19.3 Å². The van der Waals surface area contributed by atoms with Crippen LogP contribution in [0.15, 0.2) is 170 Å². The number of pyridine rings is 1. The molecule has 0 radical (unpaired) electrons. The smallest absolute Gasteiger partial charge is 0.231 e. The summed E-state index contributed by atoms with van der Waals surface area (Å²) in [5.41, 5.74) is 12.1. The first-order chi connectivity index (χ1) is 32.1. The van der Waals surface area contributed by atoms with Gasteiger partial charge in [0.2, 0.25) is 12.2 Å². The van der Waals surface area contributed by atoms with E-state index in [4.69, 9.17) is 14.8 Å². The molecule has 0 fully saturated rings. The van der Waals surface area contributed by atoms with E-state index in [1.54, 1.807) is 0 Å². The average Bonchev–Trinajstić information content (AvgIpc) is 3.91. The van der Waals surface area contributed by atoms with Gasteiger partial charge in [-0.15, -0.1) is 29.7 Å². The summed E-state index contributed by atoms with van der Waals surface area (Å²) in [4.78, 5) is 4.89. The van der Waals surface area contributed by atoms with Crippen LogP contribution < -0.4 is 9.30 Å². The number of benzene rings is 7. The van der Waals surface area contributed by atoms with Crippen molar-refractivity contribution in [1.29, 1.82) is 0 Å². The van der Waals surface area contributed by atoms with Crippen molar-refractivity contribution < 1.29 is 30.4 Å². The molecule has 0 saturated heterocycles. The maximum absolute atomic E-state index is 6.86. The molecule has 10 rings (SSSR count). The van der Waals surface area contributed by atoms with Crippen molar-refractivity contribution >= 4 is 21.8 Å². The van der Waals surface area contributed by atoms with Crippen LogP contribution in [-0.4, -0.2) is 19.3 Å². The summed E-state index contributed by atoms with van der Waals surface area (Å²) < 4.78 is 13.0. The number of hydrogen-bond acceptors (Lipinski definition) is 3. The molecule has 0 unspecified atom stereocenters. The summed E-state index contributed by atoms with van der Waals surface area (Å²) in [5, 5.41) is 7.64. The SMILES string of the molecule is CC(C)(C)c1cc(Oc2[c-]c3c(cc2)c2ccccc2n3-c2cc(C(C)(C)C)ccn2)[c-]c(-n2[c-][n+](-c3c(-c4ccccc4)cccc3-c3ccccc3)c(-c3cccc(C(C)(C)C)c3)n2)c1.[Pt]. The van der Waals surface area contributed by atoms with Gasteiger partial charge in [-0.1, -0.05) is 189 Å². The van der Waals surface area contributed by atoms with E-state index >= 15 is 0 Å². The van der Waals surface area contributed by atoms with Crippen LogP contribution in [0.3, 0.4) is 0 Å². The fraction of sp³-hybridized carbons (Fsp3) is 0.197. The minimum absolute atomic E-state index is 0. The van der Waals surface area contributed by atoms with Crippen LogP contribution in [0, 0.1) is 18.5 Å². The molecule has 68 heavy (non-hydrogen) atoms. The maximum atomic E-state index is 6.86. The van der Waals surface area contributed by atoms with Crippen molar-refractivity contribution in [2.24, 2.45) is 0 Å². The Morgan fingerprint density at radius 3 is 1.78 bits per heavy atom. The van der Waals surface area contributed by atoms with Crippen LogP contribution in [0.1, 0.15) is 79.0 Å². The van der Waals surface area contributed by atoms with E-state index in [1.165, 1.54) is 11.1 Å². The van der Waals surface area contributed by atoms with E-state index in [1.807, 2.05) is 16.9 Å². The first kappa shape index (κ1) is 46.2. The fourth-order valence-electron chi connectivity index (χ4n) is 8.79. The second-order valence-electron chi connectivity index (χ2n) is 20.5. The van der Waals surface area contributed by atoms with Gasteiger partial charge < -0.3 is 13.9 Å². The standard InChI is InChI=1S/C61H55N5O.Pt/c1-59(2,3)44-25-18-24-43(34-44)58-63-65(40-64(58)57-50(41-20-12-10-13-21-41)27-19-28-51(57)42-22-14-11-15-23-42)47-35-46(61(7,8)9)36-49(38-47)67-48-30-31-53-52-26-16-17-29-54(52)66(55(53)39-48)56-37-45(32-33-62-56)60(4,5)6;/h10-37H,1-9H3;/q-2;. The van der Waals surface area contributed by atoms with Crippen LogP contribution in [0.25, 0.3) is 72.6 Å². The normalized spacial score (nSPS) is 12.1. The molecule has 0 spiro atoms. The molecule has 3 heterocycles. The Hall–Kier alpha value is -6.88. The summed E-state index contributed by atoms with van der Waals surface area (Å²) in [6, 6.07) is 64.7. The minimum atomic E-state index is -0.237. The van der Waals surface area contributed by atoms with E-state index in [9.17, 15) is 0 Å². The molecule has 342 valence electrons. The van der Waals surface area contributed by atoms with Crippen LogP contribution in [-0.2, 0) is 37.3 Å². The molecule has 0 saturated carbocycles. The fourth-order valence-corrected chi connectivity index (χ4v) is 8.79. The third-order valence-electron chi connectivity index (χ3n) is 12.6. The number of ether oxygens (including phenoxy) is 1. The molecule has 6 nitrogen and oxygen atoms in total. The van der Waals surface area contributed by atoms with Crippen LogP contribution >= 0.6 is 0 Å². The maximum Gasteiger partial charge on any atom is 0.231 e. The molecule has 0 N–H and O–H groups in total. The summed E-state index contributed by atoms with van der Waals surface area (Å²) >= 11 is 0. The second kappa shape index (κ2) is 18.0. The van der Waals surface area contributed by atoms with Crippen molar-refractivity contribution in [2.45, 2.75) is 78.6 Å². The van der Waals surface area contributed by atoms with E-state index in [2.05, 4.69) is 248 Å². The summed E-state index contributed by atoms with van der Waals surface area (Å²) in [7, 11) is 0. The van der Waals surface area contributed by atoms with Crippen molar-refractivity contribution in [3.63, 3.8) is 0 Å². The quantitative estimate of drug-likeness (QED) is 0.113. The van der Waals surface area contributed by atoms with E-state index < -0.39 is 0 Å². The number of rotatable bonds is 8. The number of nitrogens with zero attached hydrogens (tertiary/aromatic N) is 5. The molecule has 3 aromatic heterocycles. The predicted molar refractivity (Wildman–Crippen MR) is 273 cm³/mol. The molecule has 0 aliphatic heterocycles. The molecule has 0 atom stereocenters. The zero-order valence-corrected chi connectivity index (χ0v) is 42.4. The Morgan fingerprint density at radius 2 is 1.12 bits per heavy atom. The van der Waals surface area contributed by atoms with E-state index in [0.717, 1.165) is 72.5 Å². The molecule has 0 aliphatic rings. The average molecular weight is 1070 g/mol. The molecular formula is C61H55N5OPt-2. The zero-order chi connectivity index (χ0) is 46.7. The molecule has 7 aromatic carbocycles. The molecular weight excluding hydrogens is 1010 g/mol. The van der Waals surface area contributed by atoms with E-state index in [-0.39, 0.29) is 37.3 Å². The van der Waals surface area contributed by atoms with E-state index in [0.29, 0.717) is 17.2 Å². The van der Waals surface area contributed by atoms with Gasteiger partial charge in [-0.3, -0.25) is 0 Å². The van der Waals surface area contributed by atoms with Gasteiger partial charge in [-0.25, -0.2) is 4.98 Å². The largest absolute Gasteiger partial charge is 0.510 e. The number of hydrogen-bond donors (Lipinski definition) is 0. The number of fused-ring (bicyclic) bond motifs is 3. The monoisotopic (exact) mass is 1070 g/mol. The molecule has 10 aromatic rings. The van der Waals surface area contributed by atoms with Crippen molar-refractivity contribution in [2.75, 3.05) is 0 Å². The Kier molecular flexibility index (Phi) is 12.2. The predicted octanol–water partition coefficient (Wildman–Crippen LogP) is 14.7. The van der Waals surface area contributed by atoms with Crippen LogP contribution in [0.5, 0.6) is 11.5 Å². The van der Waals surface area contributed by atoms with Gasteiger partial charge in [0.05, 0.1) is 0 Å². The Balaban J connectivity index is 0.00000578. The van der Waals surface area contributed by atoms with Gasteiger partial charge in [0.1, 0.15) is 5.82 Å². The minimum Gasteiger partial charge on any atom is -0.510 e. The van der Waals surface area contributed by atoms with Crippen molar-refractivity contribution in [3.05, 3.63) is 205 Å². The molecule has 0 bridgehead atoms. The van der Waals surface area contributed by atoms with Gasteiger partial charge in [0.25, 0.3) is 0 Å². The van der Waals surface area contributed by atoms with Gasteiger partial charge in [0, 0.05) is 55.5 Å². The van der Waals surface area contributed by atoms with Gasteiger partial charge >= 0.3 is 0 Å². The Morgan fingerprint density at radius 1 is 0.515 bits per heavy atom. The van der Waals surface area contributed by atoms with Crippen LogP contribution in [0.2, 0.25) is 0 Å². The number of aromatic nitrogens is 5. The third-order valence-corrected chi connectivity index (χ3v) is 12.6. The molecule has 0 aliphatic carbocycles. The van der Waals surface area contributed by atoms with Gasteiger partial charge in [0.15, 0.2) is 0 Å². The topological polar surface area (TPSA) is 48.8 Å². The van der Waals surface area contributed by atoms with Crippen molar-refractivity contribution in [3.8, 4) is 62.3 Å². The summed E-state index contributed by atoms with van der Waals surface area (Å²) in [6.07, 6.45) is 5.66. The Labute approximate surface area is 415 Å². The second-order valence-corrected chi connectivity index (χ2v) is 20.5.